The average molecular weight is 364 g/mol. The standard InChI is InChI=1S/C19H16N4O2S/c24-16-11-25-15-7-6-13(10-14(15)21-16)18-17(12-4-2-1-3-5-12)22-23-9-8-20-19(23)26-18/h1-10,17-18,22H,11H2,(H,21,24)/q+1. The molecule has 7 heteroatoms. The molecule has 0 saturated carbocycles. The first-order chi connectivity index (χ1) is 12.8. The maximum absolute atomic E-state index is 11.7. The zero-order valence-corrected chi connectivity index (χ0v) is 14.6. The third-order valence-electron chi connectivity index (χ3n) is 4.54. The van der Waals surface area contributed by atoms with Crippen molar-refractivity contribution in [2.24, 2.45) is 4.99 Å². The number of fused-ring (bicyclic) bond motifs is 2. The second-order valence-electron chi connectivity index (χ2n) is 6.23. The molecule has 2 aromatic carbocycles. The van der Waals surface area contributed by atoms with Crippen LogP contribution in [0.1, 0.15) is 22.4 Å². The maximum Gasteiger partial charge on any atom is 0.341 e. The summed E-state index contributed by atoms with van der Waals surface area (Å²) in [5.41, 5.74) is 6.57. The lowest BCUT2D eigenvalue weighted by Gasteiger charge is -2.31. The van der Waals surface area contributed by atoms with Crippen LogP contribution in [-0.2, 0) is 4.79 Å². The Morgan fingerprint density at radius 3 is 2.92 bits per heavy atom. The van der Waals surface area contributed by atoms with Gasteiger partial charge in [0.2, 0.25) is 0 Å². The first-order valence-corrected chi connectivity index (χ1v) is 9.24. The van der Waals surface area contributed by atoms with Gasteiger partial charge < -0.3 is 10.1 Å². The van der Waals surface area contributed by atoms with Gasteiger partial charge in [0.1, 0.15) is 11.8 Å². The van der Waals surface area contributed by atoms with Crippen LogP contribution in [0.2, 0.25) is 0 Å². The van der Waals surface area contributed by atoms with Crippen molar-refractivity contribution in [2.45, 2.75) is 11.3 Å². The quantitative estimate of drug-likeness (QED) is 0.804. The van der Waals surface area contributed by atoms with Crippen LogP contribution in [0.25, 0.3) is 0 Å². The Balaban J connectivity index is 1.54. The monoisotopic (exact) mass is 364 g/mol. The third-order valence-corrected chi connectivity index (χ3v) is 5.85. The number of hydrogen-bond acceptors (Lipinski definition) is 6. The minimum absolute atomic E-state index is 0.0656. The van der Waals surface area contributed by atoms with E-state index in [1.807, 2.05) is 41.5 Å². The summed E-state index contributed by atoms with van der Waals surface area (Å²) in [6, 6.07) is 16.4. The molecule has 2 N–H and O–H groups in total. The molecule has 2 unspecified atom stereocenters. The van der Waals surface area contributed by atoms with Crippen molar-refractivity contribution in [1.29, 1.82) is 0 Å². The van der Waals surface area contributed by atoms with E-state index in [9.17, 15) is 4.79 Å². The summed E-state index contributed by atoms with van der Waals surface area (Å²) in [4.78, 5) is 16.1. The van der Waals surface area contributed by atoms with E-state index in [-0.39, 0.29) is 23.8 Å². The number of ether oxygens (including phenoxy) is 1. The fourth-order valence-electron chi connectivity index (χ4n) is 3.32. The van der Waals surface area contributed by atoms with Gasteiger partial charge in [-0.05, 0) is 35.0 Å². The number of thioether (sulfide) groups is 1. The summed E-state index contributed by atoms with van der Waals surface area (Å²) in [5.74, 6) is 0.583. The van der Waals surface area contributed by atoms with Crippen molar-refractivity contribution in [3.8, 4) is 5.75 Å². The number of amides is 1. The Hall–Kier alpha value is -2.61. The smallest absolute Gasteiger partial charge is 0.341 e. The van der Waals surface area contributed by atoms with E-state index in [1.54, 1.807) is 18.0 Å². The van der Waals surface area contributed by atoms with E-state index in [0.717, 1.165) is 16.4 Å². The van der Waals surface area contributed by atoms with Crippen molar-refractivity contribution in [2.75, 3.05) is 11.9 Å². The lowest BCUT2D eigenvalue weighted by Crippen LogP contribution is -2.49. The molecule has 0 bridgehead atoms. The van der Waals surface area contributed by atoms with Crippen LogP contribution in [0.4, 0.5) is 5.69 Å². The van der Waals surface area contributed by atoms with Gasteiger partial charge in [-0.1, -0.05) is 41.8 Å². The number of rotatable bonds is 2. The lowest BCUT2D eigenvalue weighted by molar-refractivity contribution is -0.118. The molecule has 2 aromatic rings. The number of carbonyl (C=O) groups is 1. The molecule has 1 amide bonds. The molecule has 0 aliphatic carbocycles. The maximum atomic E-state index is 11.7. The molecule has 2 atom stereocenters. The molecule has 3 heterocycles. The molecular weight excluding hydrogens is 348 g/mol. The van der Waals surface area contributed by atoms with Crippen molar-refractivity contribution in [3.63, 3.8) is 0 Å². The van der Waals surface area contributed by atoms with Gasteiger partial charge in [-0.3, -0.25) is 4.79 Å². The lowest BCUT2D eigenvalue weighted by atomic mass is 9.98. The number of anilines is 1. The van der Waals surface area contributed by atoms with E-state index < -0.39 is 0 Å². The van der Waals surface area contributed by atoms with Crippen LogP contribution in [0.3, 0.4) is 0 Å². The molecule has 6 nitrogen and oxygen atoms in total. The van der Waals surface area contributed by atoms with E-state index in [1.165, 1.54) is 5.56 Å². The van der Waals surface area contributed by atoms with Crippen LogP contribution in [0.15, 0.2) is 65.9 Å². The van der Waals surface area contributed by atoms with Crippen LogP contribution >= 0.6 is 11.8 Å². The SMILES string of the molecule is O=C1COc2ccc(C3SC4=NC=C[N+]4NC3c3ccccc3)cc2N1. The predicted octanol–water partition coefficient (Wildman–Crippen LogP) is 3.03. The Bertz CT molecular complexity index is 928. The van der Waals surface area contributed by atoms with Crippen molar-refractivity contribution < 1.29 is 9.53 Å². The van der Waals surface area contributed by atoms with Gasteiger partial charge in [0.05, 0.1) is 17.1 Å². The highest BCUT2D eigenvalue weighted by Gasteiger charge is 2.44. The summed E-state index contributed by atoms with van der Waals surface area (Å²) >= 11 is 1.71. The minimum Gasteiger partial charge on any atom is -0.482 e. The van der Waals surface area contributed by atoms with Crippen LogP contribution in [0.5, 0.6) is 5.75 Å². The van der Waals surface area contributed by atoms with Gasteiger partial charge in [0.15, 0.2) is 12.8 Å². The molecule has 5 rings (SSSR count). The highest BCUT2D eigenvalue weighted by Crippen LogP contribution is 2.46. The number of carbonyl (C=O) groups excluding carboxylic acids is 1. The zero-order chi connectivity index (χ0) is 17.5. The molecule has 26 heavy (non-hydrogen) atoms. The Morgan fingerprint density at radius 2 is 2.04 bits per heavy atom. The predicted molar refractivity (Wildman–Crippen MR) is 102 cm³/mol. The Kier molecular flexibility index (Phi) is 3.77. The van der Waals surface area contributed by atoms with E-state index in [0.29, 0.717) is 5.75 Å². The van der Waals surface area contributed by atoms with E-state index in [4.69, 9.17) is 4.74 Å². The van der Waals surface area contributed by atoms with E-state index >= 15 is 0 Å². The molecule has 129 valence electrons. The van der Waals surface area contributed by atoms with Gasteiger partial charge >= 0.3 is 5.17 Å². The Labute approximate surface area is 154 Å². The van der Waals surface area contributed by atoms with Crippen molar-refractivity contribution in [1.82, 2.24) is 10.4 Å². The molecular formula is C19H16N4O2S+. The zero-order valence-electron chi connectivity index (χ0n) is 13.8. The van der Waals surface area contributed by atoms with E-state index in [2.05, 4.69) is 33.9 Å². The molecule has 3 aliphatic rings. The van der Waals surface area contributed by atoms with Gasteiger partial charge in [-0.15, -0.1) is 0 Å². The highest BCUT2D eigenvalue weighted by atomic mass is 32.2. The van der Waals surface area contributed by atoms with Gasteiger partial charge in [0, 0.05) is 5.01 Å². The molecule has 0 aromatic heterocycles. The average Bonchev–Trinajstić information content (AvgIpc) is 3.14. The normalized spacial score (nSPS) is 24.3. The molecule has 1 fully saturated rings. The number of nitrogens with one attached hydrogen (secondary N) is 2. The van der Waals surface area contributed by atoms with Gasteiger partial charge in [0.25, 0.3) is 5.91 Å². The van der Waals surface area contributed by atoms with Crippen molar-refractivity contribution in [3.05, 3.63) is 72.1 Å². The summed E-state index contributed by atoms with van der Waals surface area (Å²) < 4.78 is 5.48. The van der Waals surface area contributed by atoms with Crippen LogP contribution < -0.4 is 20.5 Å². The Morgan fingerprint density at radius 1 is 1.15 bits per heavy atom. The van der Waals surface area contributed by atoms with Gasteiger partial charge in [-0.25, -0.2) is 0 Å². The molecule has 0 spiro atoms. The molecule has 3 aliphatic heterocycles. The number of nitrogens with zero attached hydrogens (tertiary/aromatic N) is 2. The van der Waals surface area contributed by atoms with Crippen molar-refractivity contribution >= 4 is 28.5 Å². The highest BCUT2D eigenvalue weighted by molar-refractivity contribution is 8.14. The largest absolute Gasteiger partial charge is 0.482 e. The second kappa shape index (κ2) is 6.28. The fraction of sp³-hybridized carbons (Fsp3) is 0.158. The number of aliphatic imine (C=N–C) groups is 1. The number of benzene rings is 2. The fourth-order valence-corrected chi connectivity index (χ4v) is 4.53. The first kappa shape index (κ1) is 15.6. The minimum atomic E-state index is -0.126. The summed E-state index contributed by atoms with van der Waals surface area (Å²) in [6.45, 7) is 0.0656. The topological polar surface area (TPSA) is 68.6 Å². The number of hydrazine groups is 1. The van der Waals surface area contributed by atoms with Gasteiger partial charge in [-0.2, -0.15) is 4.99 Å². The first-order valence-electron chi connectivity index (χ1n) is 8.36. The number of amidine groups is 1. The third kappa shape index (κ3) is 2.70. The van der Waals surface area contributed by atoms with Crippen LogP contribution in [0, 0.1) is 0 Å². The number of hydrogen-bond donors (Lipinski definition) is 2. The molecule has 1 radical (unpaired) electrons. The summed E-state index contributed by atoms with van der Waals surface area (Å²) in [7, 11) is 0. The summed E-state index contributed by atoms with van der Waals surface area (Å²) in [5, 5.41) is 5.88. The molecule has 1 saturated heterocycles. The van der Waals surface area contributed by atoms with Crippen LogP contribution in [-0.4, -0.2) is 17.7 Å². The summed E-state index contributed by atoms with van der Waals surface area (Å²) in [6.07, 6.45) is 3.72. The second-order valence-corrected chi connectivity index (χ2v) is 7.34.